The molecule has 0 aliphatic carbocycles. The summed E-state index contributed by atoms with van der Waals surface area (Å²) in [5, 5.41) is 11.3. The van der Waals surface area contributed by atoms with Crippen molar-refractivity contribution in [2.45, 2.75) is 19.9 Å². The molecule has 21 heavy (non-hydrogen) atoms. The Hall–Kier alpha value is -1.60. The molecule has 1 amide bonds. The minimum Gasteiger partial charge on any atom is -0.548 e. The number of carbonyl (C=O) groups is 2. The molecule has 0 saturated carbocycles. The van der Waals surface area contributed by atoms with Crippen LogP contribution in [0.1, 0.15) is 19.5 Å². The highest BCUT2D eigenvalue weighted by Crippen LogP contribution is 2.35. The summed E-state index contributed by atoms with van der Waals surface area (Å²) in [6.45, 7) is 3.44. The Labute approximate surface area is 132 Å². The molecule has 1 saturated heterocycles. The van der Waals surface area contributed by atoms with E-state index in [2.05, 4.69) is 0 Å². The first-order chi connectivity index (χ1) is 9.82. The van der Waals surface area contributed by atoms with Gasteiger partial charge in [0.2, 0.25) is 0 Å². The smallest absolute Gasteiger partial charge is 0.266 e. The third kappa shape index (κ3) is 3.03. The second-order valence-electron chi connectivity index (χ2n) is 5.10. The summed E-state index contributed by atoms with van der Waals surface area (Å²) in [5.74, 6) is -1.96. The number of nitrogens with zero attached hydrogens (tertiary/aromatic N) is 2. The third-order valence-corrected chi connectivity index (χ3v) is 4.57. The van der Waals surface area contributed by atoms with Gasteiger partial charge in [-0.3, -0.25) is 9.69 Å². The molecule has 1 aromatic heterocycles. The van der Waals surface area contributed by atoms with Gasteiger partial charge in [0.1, 0.15) is 4.32 Å². The average molecular weight is 323 g/mol. The van der Waals surface area contributed by atoms with E-state index in [1.165, 1.54) is 0 Å². The summed E-state index contributed by atoms with van der Waals surface area (Å²) < 4.78 is 2.12. The zero-order chi connectivity index (χ0) is 15.7. The van der Waals surface area contributed by atoms with Crippen LogP contribution in [-0.4, -0.2) is 31.7 Å². The van der Waals surface area contributed by atoms with Gasteiger partial charge in [0, 0.05) is 18.9 Å². The normalized spacial score (nSPS) is 18.9. The first kappa shape index (κ1) is 15.8. The number of hydrogen-bond donors (Lipinski definition) is 0. The molecule has 0 N–H and O–H groups in total. The average Bonchev–Trinajstić information content (AvgIpc) is 2.88. The maximum atomic E-state index is 12.5. The highest BCUT2D eigenvalue weighted by atomic mass is 32.2. The second kappa shape index (κ2) is 6.03. The van der Waals surface area contributed by atoms with Crippen molar-refractivity contribution in [3.05, 3.63) is 28.9 Å². The molecule has 1 aliphatic rings. The van der Waals surface area contributed by atoms with Gasteiger partial charge in [-0.2, -0.15) is 0 Å². The quantitative estimate of drug-likeness (QED) is 0.611. The van der Waals surface area contributed by atoms with Gasteiger partial charge in [-0.05, 0) is 24.1 Å². The van der Waals surface area contributed by atoms with Crippen LogP contribution in [0, 0.1) is 5.92 Å². The lowest BCUT2D eigenvalue weighted by Gasteiger charge is -2.30. The van der Waals surface area contributed by atoms with Gasteiger partial charge in [0.15, 0.2) is 0 Å². The fourth-order valence-electron chi connectivity index (χ4n) is 2.15. The SMILES string of the molecule is CC(C)[C@@H](C(=O)[O-])N1C(=O)/C(=C/c2cccn2C)SC1=S. The van der Waals surface area contributed by atoms with E-state index in [0.29, 0.717) is 4.91 Å². The standard InChI is InChI=1S/C14H16N2O3S2/c1-8(2)11(13(18)19)16-12(17)10(21-14(16)20)7-9-5-4-6-15(9)3/h4-8,11H,1-3H3,(H,18,19)/p-1/b10-7-/t11-/m0/s1. The number of aromatic nitrogens is 1. The van der Waals surface area contributed by atoms with Crippen LogP contribution in [0.2, 0.25) is 0 Å². The molecule has 7 heteroatoms. The molecule has 1 aliphatic heterocycles. The number of hydrogen-bond acceptors (Lipinski definition) is 5. The number of carboxylic acid groups (broad SMARTS) is 1. The van der Waals surface area contributed by atoms with E-state index >= 15 is 0 Å². The van der Waals surface area contributed by atoms with Crippen molar-refractivity contribution in [3.8, 4) is 0 Å². The lowest BCUT2D eigenvalue weighted by Crippen LogP contribution is -2.52. The van der Waals surface area contributed by atoms with E-state index in [4.69, 9.17) is 12.2 Å². The fourth-order valence-corrected chi connectivity index (χ4v) is 3.47. The summed E-state index contributed by atoms with van der Waals surface area (Å²) >= 11 is 6.28. The molecule has 1 aromatic rings. The van der Waals surface area contributed by atoms with Crippen LogP contribution in [0.4, 0.5) is 0 Å². The fraction of sp³-hybridized carbons (Fsp3) is 0.357. The summed E-state index contributed by atoms with van der Waals surface area (Å²) in [6, 6.07) is 2.69. The first-order valence-corrected chi connectivity index (χ1v) is 7.64. The summed E-state index contributed by atoms with van der Waals surface area (Å²) in [4.78, 5) is 25.3. The van der Waals surface area contributed by atoms with Crippen LogP contribution >= 0.6 is 24.0 Å². The molecule has 0 radical (unpaired) electrons. The molecule has 5 nitrogen and oxygen atoms in total. The minimum atomic E-state index is -1.29. The lowest BCUT2D eigenvalue weighted by atomic mass is 10.0. The lowest BCUT2D eigenvalue weighted by molar-refractivity contribution is -0.311. The Balaban J connectivity index is 2.34. The molecule has 0 unspecified atom stereocenters. The number of aryl methyl sites for hydroxylation is 1. The van der Waals surface area contributed by atoms with Crippen LogP contribution in [0.25, 0.3) is 6.08 Å². The zero-order valence-electron chi connectivity index (χ0n) is 11.9. The molecular formula is C14H15N2O3S2-. The molecule has 2 rings (SSSR count). The predicted molar refractivity (Wildman–Crippen MR) is 84.1 cm³/mol. The van der Waals surface area contributed by atoms with Gasteiger partial charge < -0.3 is 14.5 Å². The summed E-state index contributed by atoms with van der Waals surface area (Å²) in [6.07, 6.45) is 3.58. The van der Waals surface area contributed by atoms with Crippen LogP contribution < -0.4 is 5.11 Å². The highest BCUT2D eigenvalue weighted by molar-refractivity contribution is 8.26. The van der Waals surface area contributed by atoms with Crippen molar-refractivity contribution >= 4 is 46.3 Å². The molecule has 0 bridgehead atoms. The number of carboxylic acids is 1. The van der Waals surface area contributed by atoms with Gasteiger partial charge in [0.05, 0.1) is 16.9 Å². The molecular weight excluding hydrogens is 308 g/mol. The van der Waals surface area contributed by atoms with Crippen molar-refractivity contribution in [3.63, 3.8) is 0 Å². The van der Waals surface area contributed by atoms with Crippen LogP contribution in [0.5, 0.6) is 0 Å². The highest BCUT2D eigenvalue weighted by Gasteiger charge is 2.39. The van der Waals surface area contributed by atoms with Crippen LogP contribution in [-0.2, 0) is 16.6 Å². The summed E-state index contributed by atoms with van der Waals surface area (Å²) in [5.41, 5.74) is 0.852. The van der Waals surface area contributed by atoms with E-state index in [9.17, 15) is 14.7 Å². The minimum absolute atomic E-state index is 0.253. The summed E-state index contributed by atoms with van der Waals surface area (Å²) in [7, 11) is 1.87. The molecule has 1 fully saturated rings. The molecule has 0 aromatic carbocycles. The Morgan fingerprint density at radius 2 is 2.14 bits per heavy atom. The van der Waals surface area contributed by atoms with Crippen molar-refractivity contribution < 1.29 is 14.7 Å². The predicted octanol–water partition coefficient (Wildman–Crippen LogP) is 1.00. The molecule has 1 atom stereocenters. The van der Waals surface area contributed by atoms with Crippen LogP contribution in [0.3, 0.4) is 0 Å². The van der Waals surface area contributed by atoms with Gasteiger partial charge in [0.25, 0.3) is 5.91 Å². The Morgan fingerprint density at radius 3 is 2.62 bits per heavy atom. The van der Waals surface area contributed by atoms with Crippen molar-refractivity contribution in [2.75, 3.05) is 0 Å². The number of aliphatic carboxylic acids is 1. The maximum Gasteiger partial charge on any atom is 0.266 e. The molecule has 0 spiro atoms. The largest absolute Gasteiger partial charge is 0.548 e. The van der Waals surface area contributed by atoms with E-state index in [1.54, 1.807) is 19.9 Å². The Kier molecular flexibility index (Phi) is 4.53. The van der Waals surface area contributed by atoms with E-state index in [0.717, 1.165) is 22.4 Å². The number of thiocarbonyl (C=S) groups is 1. The van der Waals surface area contributed by atoms with Crippen molar-refractivity contribution in [1.29, 1.82) is 0 Å². The number of amides is 1. The second-order valence-corrected chi connectivity index (χ2v) is 6.78. The monoisotopic (exact) mass is 323 g/mol. The zero-order valence-corrected chi connectivity index (χ0v) is 13.5. The van der Waals surface area contributed by atoms with Crippen molar-refractivity contribution in [1.82, 2.24) is 9.47 Å². The Morgan fingerprint density at radius 1 is 1.48 bits per heavy atom. The van der Waals surface area contributed by atoms with Gasteiger partial charge in [-0.25, -0.2) is 0 Å². The van der Waals surface area contributed by atoms with Gasteiger partial charge >= 0.3 is 0 Å². The van der Waals surface area contributed by atoms with Crippen molar-refractivity contribution in [2.24, 2.45) is 13.0 Å². The van der Waals surface area contributed by atoms with E-state index < -0.39 is 12.0 Å². The van der Waals surface area contributed by atoms with Crippen LogP contribution in [0.15, 0.2) is 23.2 Å². The first-order valence-electron chi connectivity index (χ1n) is 6.42. The third-order valence-electron chi connectivity index (χ3n) is 3.24. The van der Waals surface area contributed by atoms with E-state index in [1.807, 2.05) is 29.9 Å². The van der Waals surface area contributed by atoms with Gasteiger partial charge in [-0.15, -0.1) is 0 Å². The maximum absolute atomic E-state index is 12.5. The number of thioether (sulfide) groups is 1. The topological polar surface area (TPSA) is 65.4 Å². The van der Waals surface area contributed by atoms with Gasteiger partial charge in [-0.1, -0.05) is 37.8 Å². The number of carbonyl (C=O) groups excluding carboxylic acids is 2. The van der Waals surface area contributed by atoms with E-state index in [-0.39, 0.29) is 16.1 Å². The molecule has 2 heterocycles. The molecule has 112 valence electrons. The Bertz CT molecular complexity index is 634. The number of rotatable bonds is 4.